The molecule has 1 aliphatic carbocycles. The van der Waals surface area contributed by atoms with Crippen LogP contribution in [0, 0.1) is 5.92 Å². The summed E-state index contributed by atoms with van der Waals surface area (Å²) in [6, 6.07) is 10.2. The number of thiophene rings is 1. The molecule has 0 aliphatic heterocycles. The van der Waals surface area contributed by atoms with Gasteiger partial charge in [-0.3, -0.25) is 4.99 Å². The van der Waals surface area contributed by atoms with Crippen LogP contribution in [0.15, 0.2) is 35.3 Å². The molecule has 1 aromatic heterocycles. The molecule has 136 valence electrons. The molecule has 1 fully saturated rings. The monoisotopic (exact) mass is 361 g/mol. The van der Waals surface area contributed by atoms with Crippen LogP contribution in [0.25, 0.3) is 10.1 Å². The number of aliphatic hydroxyl groups excluding tert-OH is 2. The molecule has 1 saturated carbocycles. The van der Waals surface area contributed by atoms with Crippen molar-refractivity contribution in [2.75, 3.05) is 19.6 Å². The summed E-state index contributed by atoms with van der Waals surface area (Å²) in [6.07, 6.45) is 2.22. The number of aliphatic imine (C=N–C) groups is 1. The highest BCUT2D eigenvalue weighted by Crippen LogP contribution is 2.30. The molecule has 3 unspecified atom stereocenters. The van der Waals surface area contributed by atoms with Gasteiger partial charge in [-0.2, -0.15) is 0 Å². The van der Waals surface area contributed by atoms with Crippen LogP contribution in [0.3, 0.4) is 0 Å². The molecule has 1 heterocycles. The first kappa shape index (κ1) is 18.2. The fourth-order valence-corrected chi connectivity index (χ4v) is 4.30. The molecule has 1 aromatic carbocycles. The van der Waals surface area contributed by atoms with E-state index < -0.39 is 6.10 Å². The van der Waals surface area contributed by atoms with E-state index in [0.29, 0.717) is 19.0 Å². The smallest absolute Gasteiger partial charge is 0.191 e. The van der Waals surface area contributed by atoms with Crippen LogP contribution in [0.4, 0.5) is 0 Å². The Morgan fingerprint density at radius 2 is 2.16 bits per heavy atom. The van der Waals surface area contributed by atoms with Crippen molar-refractivity contribution in [3.63, 3.8) is 0 Å². The van der Waals surface area contributed by atoms with Gasteiger partial charge in [-0.05, 0) is 37.3 Å². The van der Waals surface area contributed by atoms with Gasteiger partial charge in [0.25, 0.3) is 0 Å². The number of benzene rings is 1. The molecule has 25 heavy (non-hydrogen) atoms. The average molecular weight is 362 g/mol. The van der Waals surface area contributed by atoms with E-state index in [1.807, 2.05) is 25.1 Å². The van der Waals surface area contributed by atoms with Crippen LogP contribution < -0.4 is 10.6 Å². The van der Waals surface area contributed by atoms with E-state index >= 15 is 0 Å². The van der Waals surface area contributed by atoms with Crippen molar-refractivity contribution >= 4 is 27.4 Å². The molecule has 5 nitrogen and oxygen atoms in total. The second-order valence-corrected chi connectivity index (χ2v) is 7.68. The molecule has 6 heteroatoms. The lowest BCUT2D eigenvalue weighted by atomic mass is 10.1. The molecule has 1 aliphatic rings. The molecular weight excluding hydrogens is 334 g/mol. The van der Waals surface area contributed by atoms with Crippen LogP contribution in [0.5, 0.6) is 0 Å². The molecule has 0 amide bonds. The summed E-state index contributed by atoms with van der Waals surface area (Å²) in [6.45, 7) is 3.81. The second kappa shape index (κ2) is 8.65. The van der Waals surface area contributed by atoms with E-state index in [9.17, 15) is 10.2 Å². The zero-order valence-corrected chi connectivity index (χ0v) is 15.4. The summed E-state index contributed by atoms with van der Waals surface area (Å²) < 4.78 is 1.18. The van der Waals surface area contributed by atoms with Crippen LogP contribution in [-0.2, 0) is 0 Å². The molecule has 0 radical (unpaired) electrons. The number of fused-ring (bicyclic) bond motifs is 1. The molecular formula is C19H27N3O2S. The largest absolute Gasteiger partial charge is 0.393 e. The molecule has 3 rings (SSSR count). The van der Waals surface area contributed by atoms with Gasteiger partial charge >= 0.3 is 0 Å². The number of aliphatic hydroxyl groups is 2. The standard InChI is InChI=1S/C19H27N3O2S/c1-2-20-19(21-11-14-7-5-8-15(14)23)22-12-16(24)18-10-13-6-3-4-9-17(13)25-18/h3-4,6,9-10,14-16,23-24H,2,5,7-8,11-12H2,1H3,(H2,20,21,22). The van der Waals surface area contributed by atoms with E-state index in [2.05, 4.69) is 27.8 Å². The number of hydrogen-bond acceptors (Lipinski definition) is 4. The zero-order valence-electron chi connectivity index (χ0n) is 14.6. The van der Waals surface area contributed by atoms with E-state index in [1.165, 1.54) is 4.70 Å². The van der Waals surface area contributed by atoms with Crippen LogP contribution in [-0.4, -0.2) is 41.9 Å². The van der Waals surface area contributed by atoms with Crippen molar-refractivity contribution in [1.29, 1.82) is 0 Å². The Labute approximate surface area is 152 Å². The van der Waals surface area contributed by atoms with Gasteiger partial charge in [-0.1, -0.05) is 24.6 Å². The quantitative estimate of drug-likeness (QED) is 0.471. The Morgan fingerprint density at radius 1 is 1.32 bits per heavy atom. The maximum absolute atomic E-state index is 10.5. The lowest BCUT2D eigenvalue weighted by Crippen LogP contribution is -2.41. The Kier molecular flexibility index (Phi) is 6.29. The predicted molar refractivity (Wildman–Crippen MR) is 104 cm³/mol. The average Bonchev–Trinajstić information content (AvgIpc) is 3.23. The summed E-state index contributed by atoms with van der Waals surface area (Å²) in [7, 11) is 0. The van der Waals surface area contributed by atoms with Crippen molar-refractivity contribution in [1.82, 2.24) is 10.6 Å². The van der Waals surface area contributed by atoms with Gasteiger partial charge in [0, 0.05) is 28.6 Å². The number of nitrogens with zero attached hydrogens (tertiary/aromatic N) is 1. The highest BCUT2D eigenvalue weighted by molar-refractivity contribution is 7.19. The number of nitrogens with one attached hydrogen (secondary N) is 2. The van der Waals surface area contributed by atoms with Crippen molar-refractivity contribution in [3.8, 4) is 0 Å². The highest BCUT2D eigenvalue weighted by atomic mass is 32.1. The summed E-state index contributed by atoms with van der Waals surface area (Å²) in [5.41, 5.74) is 0. The van der Waals surface area contributed by atoms with E-state index in [4.69, 9.17) is 0 Å². The Balaban J connectivity index is 1.59. The predicted octanol–water partition coefficient (Wildman–Crippen LogP) is 2.65. The normalized spacial score (nSPS) is 22.3. The Bertz CT molecular complexity index is 683. The van der Waals surface area contributed by atoms with Gasteiger partial charge < -0.3 is 20.8 Å². The first-order valence-electron chi connectivity index (χ1n) is 9.04. The van der Waals surface area contributed by atoms with Gasteiger partial charge in [0.1, 0.15) is 6.10 Å². The summed E-state index contributed by atoms with van der Waals surface area (Å²) in [5.74, 6) is 0.984. The third kappa shape index (κ3) is 4.71. The maximum atomic E-state index is 10.5. The third-order valence-electron chi connectivity index (χ3n) is 4.69. The second-order valence-electron chi connectivity index (χ2n) is 6.56. The molecule has 2 aromatic rings. The van der Waals surface area contributed by atoms with E-state index in [-0.39, 0.29) is 12.0 Å². The fourth-order valence-electron chi connectivity index (χ4n) is 3.26. The molecule has 3 atom stereocenters. The zero-order chi connectivity index (χ0) is 17.6. The topological polar surface area (TPSA) is 76.9 Å². The molecule has 0 bridgehead atoms. The van der Waals surface area contributed by atoms with Crippen molar-refractivity contribution in [3.05, 3.63) is 35.2 Å². The molecule has 0 saturated heterocycles. The van der Waals surface area contributed by atoms with Gasteiger partial charge in [-0.15, -0.1) is 11.3 Å². The van der Waals surface area contributed by atoms with Crippen molar-refractivity contribution < 1.29 is 10.2 Å². The third-order valence-corrected chi connectivity index (χ3v) is 5.91. The minimum absolute atomic E-state index is 0.209. The highest BCUT2D eigenvalue weighted by Gasteiger charge is 2.25. The van der Waals surface area contributed by atoms with Gasteiger partial charge in [0.2, 0.25) is 0 Å². The van der Waals surface area contributed by atoms with Gasteiger partial charge in [0.05, 0.1) is 12.6 Å². The minimum atomic E-state index is -0.607. The fraction of sp³-hybridized carbons (Fsp3) is 0.526. The summed E-state index contributed by atoms with van der Waals surface area (Å²) in [4.78, 5) is 5.45. The minimum Gasteiger partial charge on any atom is -0.393 e. The number of hydrogen-bond donors (Lipinski definition) is 4. The first-order chi connectivity index (χ1) is 12.2. The molecule has 0 spiro atoms. The Hall–Kier alpha value is -1.63. The number of rotatable bonds is 6. The lowest BCUT2D eigenvalue weighted by molar-refractivity contribution is 0.134. The van der Waals surface area contributed by atoms with Crippen LogP contribution in [0.1, 0.15) is 37.2 Å². The first-order valence-corrected chi connectivity index (χ1v) is 9.85. The van der Waals surface area contributed by atoms with Gasteiger partial charge in [0.15, 0.2) is 5.96 Å². The summed E-state index contributed by atoms with van der Waals surface area (Å²) >= 11 is 1.61. The lowest BCUT2D eigenvalue weighted by Gasteiger charge is -2.18. The number of guanidine groups is 1. The summed E-state index contributed by atoms with van der Waals surface area (Å²) in [5, 5.41) is 28.1. The Morgan fingerprint density at radius 3 is 2.88 bits per heavy atom. The van der Waals surface area contributed by atoms with Crippen molar-refractivity contribution in [2.24, 2.45) is 10.9 Å². The van der Waals surface area contributed by atoms with E-state index in [0.717, 1.165) is 36.1 Å². The molecule has 4 N–H and O–H groups in total. The van der Waals surface area contributed by atoms with Crippen LogP contribution >= 0.6 is 11.3 Å². The van der Waals surface area contributed by atoms with Crippen LogP contribution in [0.2, 0.25) is 0 Å². The van der Waals surface area contributed by atoms with E-state index in [1.54, 1.807) is 11.3 Å². The van der Waals surface area contributed by atoms with Crippen molar-refractivity contribution in [2.45, 2.75) is 38.4 Å². The maximum Gasteiger partial charge on any atom is 0.191 e. The SMILES string of the molecule is CCNC(=NCC(O)c1cc2ccccc2s1)NCC1CCCC1O. The van der Waals surface area contributed by atoms with Gasteiger partial charge in [-0.25, -0.2) is 0 Å².